The number of hydrogen-bond donors (Lipinski definition) is 1. The minimum absolute atomic E-state index is 0.0632. The lowest BCUT2D eigenvalue weighted by Gasteiger charge is -2.07. The fraction of sp³-hybridized carbons (Fsp3) is 0.0625. The van der Waals surface area contributed by atoms with Crippen LogP contribution >= 0.6 is 11.8 Å². The summed E-state index contributed by atoms with van der Waals surface area (Å²) in [5.74, 6) is -1.31. The molecule has 0 bridgehead atoms. The number of carboxylic acids is 1. The highest BCUT2D eigenvalue weighted by atomic mass is 32.2. The first-order chi connectivity index (χ1) is 12.1. The summed E-state index contributed by atoms with van der Waals surface area (Å²) in [5.41, 5.74) is 1.36. The number of benzene rings is 2. The number of tetrazole rings is 1. The molecule has 0 atom stereocenters. The minimum atomic E-state index is -1.25. The number of carboxylic acid groups (broad SMARTS) is 1. The molecule has 3 rings (SSSR count). The molecule has 0 saturated carbocycles. The van der Waals surface area contributed by atoms with E-state index in [0.717, 1.165) is 0 Å². The van der Waals surface area contributed by atoms with Gasteiger partial charge in [0.1, 0.15) is 0 Å². The van der Waals surface area contributed by atoms with Gasteiger partial charge in [-0.3, -0.25) is 4.79 Å². The Morgan fingerprint density at radius 2 is 1.80 bits per heavy atom. The molecular weight excluding hydrogens is 342 g/mol. The van der Waals surface area contributed by atoms with Crippen LogP contribution in [-0.2, 0) is 4.79 Å². The number of hydrogen-bond acceptors (Lipinski definition) is 7. The molecule has 0 aliphatic carbocycles. The first-order valence-corrected chi connectivity index (χ1v) is 8.20. The lowest BCUT2D eigenvalue weighted by atomic mass is 10.2. The Kier molecular flexibility index (Phi) is 5.05. The smallest absolute Gasteiger partial charge is 0.234 e. The van der Waals surface area contributed by atoms with E-state index in [2.05, 4.69) is 20.8 Å². The predicted molar refractivity (Wildman–Crippen MR) is 89.3 cm³/mol. The zero-order valence-electron chi connectivity index (χ0n) is 12.8. The van der Waals surface area contributed by atoms with Crippen molar-refractivity contribution in [2.75, 3.05) is 11.1 Å². The van der Waals surface area contributed by atoms with Crippen molar-refractivity contribution in [2.45, 2.75) is 5.16 Å². The Labute approximate surface area is 146 Å². The summed E-state index contributed by atoms with van der Waals surface area (Å²) in [6, 6.07) is 15.1. The number of nitrogens with one attached hydrogen (secondary N) is 1. The maximum absolute atomic E-state index is 12.0. The molecule has 0 aliphatic heterocycles. The van der Waals surface area contributed by atoms with Crippen LogP contribution in [-0.4, -0.2) is 37.8 Å². The molecule has 1 heterocycles. The van der Waals surface area contributed by atoms with Gasteiger partial charge < -0.3 is 15.2 Å². The highest BCUT2D eigenvalue weighted by Gasteiger charge is 2.12. The third-order valence-corrected chi connectivity index (χ3v) is 4.10. The summed E-state index contributed by atoms with van der Waals surface area (Å²) >= 11 is 1.17. The van der Waals surface area contributed by atoms with E-state index in [1.807, 2.05) is 18.2 Å². The van der Waals surface area contributed by atoms with Gasteiger partial charge in [0.2, 0.25) is 11.1 Å². The van der Waals surface area contributed by atoms with Crippen molar-refractivity contribution in [3.63, 3.8) is 0 Å². The van der Waals surface area contributed by atoms with Gasteiger partial charge in [0.05, 0.1) is 17.4 Å². The van der Waals surface area contributed by atoms with Gasteiger partial charge in [-0.1, -0.05) is 42.1 Å². The number of carbonyl (C=O) groups excluding carboxylic acids is 2. The summed E-state index contributed by atoms with van der Waals surface area (Å²) in [5, 5.41) is 25.3. The summed E-state index contributed by atoms with van der Waals surface area (Å²) in [6.07, 6.45) is 0. The molecular formula is C16H12N5O3S-. The molecule has 126 valence electrons. The van der Waals surface area contributed by atoms with Crippen molar-refractivity contribution in [3.8, 4) is 5.69 Å². The topological polar surface area (TPSA) is 113 Å². The van der Waals surface area contributed by atoms with E-state index in [0.29, 0.717) is 16.5 Å². The fourth-order valence-corrected chi connectivity index (χ4v) is 2.71. The molecule has 0 radical (unpaired) electrons. The summed E-state index contributed by atoms with van der Waals surface area (Å²) in [6.45, 7) is 0. The van der Waals surface area contributed by atoms with E-state index >= 15 is 0 Å². The normalized spacial score (nSPS) is 10.4. The number of aromatic carboxylic acids is 1. The Morgan fingerprint density at radius 3 is 2.48 bits per heavy atom. The van der Waals surface area contributed by atoms with Gasteiger partial charge in [0.25, 0.3) is 0 Å². The molecule has 0 spiro atoms. The van der Waals surface area contributed by atoms with Gasteiger partial charge >= 0.3 is 0 Å². The number of carbonyl (C=O) groups is 2. The van der Waals surface area contributed by atoms with Crippen LogP contribution < -0.4 is 10.4 Å². The molecule has 8 nitrogen and oxygen atoms in total. The third-order valence-electron chi connectivity index (χ3n) is 3.18. The van der Waals surface area contributed by atoms with Crippen molar-refractivity contribution >= 4 is 29.3 Å². The number of rotatable bonds is 6. The molecule has 0 aliphatic rings. The quantitative estimate of drug-likeness (QED) is 0.650. The lowest BCUT2D eigenvalue weighted by Crippen LogP contribution is -2.22. The monoisotopic (exact) mass is 354 g/mol. The molecule has 0 fully saturated rings. The Balaban J connectivity index is 1.65. The summed E-state index contributed by atoms with van der Waals surface area (Å²) in [7, 11) is 0. The van der Waals surface area contributed by atoms with Crippen molar-refractivity contribution in [3.05, 3.63) is 60.2 Å². The number of thioether (sulfide) groups is 1. The SMILES string of the molecule is O=C(CSc1nnnn1-c1ccc(C(=O)[O-])cc1)Nc1ccccc1. The number of para-hydroxylation sites is 1. The number of amides is 1. The van der Waals surface area contributed by atoms with Crippen LogP contribution in [0.25, 0.3) is 5.69 Å². The maximum Gasteiger partial charge on any atom is 0.234 e. The van der Waals surface area contributed by atoms with Crippen molar-refractivity contribution in [1.29, 1.82) is 0 Å². The third kappa shape index (κ3) is 4.21. The Hall–Kier alpha value is -3.20. The lowest BCUT2D eigenvalue weighted by molar-refractivity contribution is -0.255. The van der Waals surface area contributed by atoms with Crippen LogP contribution in [0.15, 0.2) is 59.8 Å². The Bertz CT molecular complexity index is 880. The van der Waals surface area contributed by atoms with Gasteiger partial charge in [-0.05, 0) is 40.3 Å². The van der Waals surface area contributed by atoms with Gasteiger partial charge in [0.15, 0.2) is 0 Å². The zero-order valence-corrected chi connectivity index (χ0v) is 13.6. The summed E-state index contributed by atoms with van der Waals surface area (Å²) < 4.78 is 1.43. The molecule has 1 aromatic heterocycles. The molecule has 0 saturated heterocycles. The zero-order chi connectivity index (χ0) is 17.6. The van der Waals surface area contributed by atoms with E-state index in [4.69, 9.17) is 0 Å². The largest absolute Gasteiger partial charge is 0.545 e. The number of aromatic nitrogens is 4. The second-order valence-electron chi connectivity index (χ2n) is 4.91. The highest BCUT2D eigenvalue weighted by molar-refractivity contribution is 7.99. The van der Waals surface area contributed by atoms with Crippen molar-refractivity contribution in [2.24, 2.45) is 0 Å². The number of anilines is 1. The van der Waals surface area contributed by atoms with E-state index in [1.54, 1.807) is 24.3 Å². The Morgan fingerprint density at radius 1 is 1.08 bits per heavy atom. The molecule has 2 aromatic carbocycles. The van der Waals surface area contributed by atoms with Crippen LogP contribution in [0, 0.1) is 0 Å². The maximum atomic E-state index is 12.0. The van der Waals surface area contributed by atoms with Crippen LogP contribution in [0.4, 0.5) is 5.69 Å². The van der Waals surface area contributed by atoms with E-state index in [9.17, 15) is 14.7 Å². The minimum Gasteiger partial charge on any atom is -0.545 e. The van der Waals surface area contributed by atoms with Gasteiger partial charge in [-0.15, -0.1) is 5.10 Å². The van der Waals surface area contributed by atoms with Gasteiger partial charge in [0, 0.05) is 5.69 Å². The first kappa shape index (κ1) is 16.7. The van der Waals surface area contributed by atoms with E-state index in [-0.39, 0.29) is 17.2 Å². The average molecular weight is 354 g/mol. The van der Waals surface area contributed by atoms with Gasteiger partial charge in [-0.2, -0.15) is 4.68 Å². The standard InChI is InChI=1S/C16H13N5O3S/c22-14(17-12-4-2-1-3-5-12)10-25-16-18-19-20-21(16)13-8-6-11(7-9-13)15(23)24/h1-9H,10H2,(H,17,22)(H,23,24)/p-1. The van der Waals surface area contributed by atoms with Gasteiger partial charge in [-0.25, -0.2) is 0 Å². The first-order valence-electron chi connectivity index (χ1n) is 7.21. The fourth-order valence-electron chi connectivity index (χ4n) is 2.02. The molecule has 0 unspecified atom stereocenters. The molecule has 3 aromatic rings. The van der Waals surface area contributed by atoms with Crippen molar-refractivity contribution in [1.82, 2.24) is 20.2 Å². The second kappa shape index (κ2) is 7.58. The molecule has 9 heteroatoms. The van der Waals surface area contributed by atoms with Crippen molar-refractivity contribution < 1.29 is 14.7 Å². The molecule has 1 N–H and O–H groups in total. The number of nitrogens with zero attached hydrogens (tertiary/aromatic N) is 4. The predicted octanol–water partition coefficient (Wildman–Crippen LogP) is 0.757. The molecule has 25 heavy (non-hydrogen) atoms. The van der Waals surface area contributed by atoms with Crippen LogP contribution in [0.2, 0.25) is 0 Å². The summed E-state index contributed by atoms with van der Waals surface area (Å²) in [4.78, 5) is 22.8. The van der Waals surface area contributed by atoms with Crippen LogP contribution in [0.3, 0.4) is 0 Å². The average Bonchev–Trinajstić information content (AvgIpc) is 3.09. The van der Waals surface area contributed by atoms with Crippen LogP contribution in [0.1, 0.15) is 10.4 Å². The van der Waals surface area contributed by atoms with E-state index in [1.165, 1.54) is 28.6 Å². The van der Waals surface area contributed by atoms with Crippen LogP contribution in [0.5, 0.6) is 0 Å². The molecule has 1 amide bonds. The van der Waals surface area contributed by atoms with E-state index < -0.39 is 5.97 Å². The highest BCUT2D eigenvalue weighted by Crippen LogP contribution is 2.19. The second-order valence-corrected chi connectivity index (χ2v) is 5.85.